The summed E-state index contributed by atoms with van der Waals surface area (Å²) in [5.74, 6) is 0.476. The van der Waals surface area contributed by atoms with Crippen molar-refractivity contribution in [3.05, 3.63) is 18.3 Å². The van der Waals surface area contributed by atoms with Crippen LogP contribution in [0.3, 0.4) is 0 Å². The lowest BCUT2D eigenvalue weighted by molar-refractivity contribution is -0.136. The van der Waals surface area contributed by atoms with Crippen LogP contribution in [0.1, 0.15) is 6.42 Å². The number of nitrogens with zero attached hydrogens (tertiary/aromatic N) is 1. The number of aromatic nitrogens is 1. The number of carboxylic acid groups (broad SMARTS) is 1. The van der Waals surface area contributed by atoms with Crippen LogP contribution in [0.15, 0.2) is 18.3 Å². The number of carboxylic acids is 1. The number of anilines is 1. The molecule has 76 valence electrons. The smallest absolute Gasteiger partial charge is 0.305 e. The van der Waals surface area contributed by atoms with Crippen molar-refractivity contribution in [1.82, 2.24) is 4.98 Å². The maximum Gasteiger partial charge on any atom is 0.305 e. The normalized spacial score (nSPS) is 9.50. The summed E-state index contributed by atoms with van der Waals surface area (Å²) < 4.78 is 4.99. The zero-order chi connectivity index (χ0) is 10.4. The van der Waals surface area contributed by atoms with Crippen molar-refractivity contribution in [1.29, 1.82) is 0 Å². The Labute approximate surface area is 81.7 Å². The molecule has 5 nitrogen and oxygen atoms in total. The van der Waals surface area contributed by atoms with Gasteiger partial charge >= 0.3 is 5.97 Å². The van der Waals surface area contributed by atoms with Crippen molar-refractivity contribution < 1.29 is 14.6 Å². The molecule has 0 unspecified atom stereocenters. The highest BCUT2D eigenvalue weighted by atomic mass is 16.5. The van der Waals surface area contributed by atoms with Gasteiger partial charge in [0, 0.05) is 18.8 Å². The van der Waals surface area contributed by atoms with Crippen LogP contribution in [0.2, 0.25) is 0 Å². The summed E-state index contributed by atoms with van der Waals surface area (Å²) in [6, 6.07) is 3.43. The fourth-order valence-corrected chi connectivity index (χ4v) is 0.932. The number of aliphatic carboxylic acids is 1. The van der Waals surface area contributed by atoms with E-state index in [1.165, 1.54) is 0 Å². The van der Waals surface area contributed by atoms with Gasteiger partial charge in [0.15, 0.2) is 0 Å². The topological polar surface area (TPSA) is 71.5 Å². The number of rotatable bonds is 5. The summed E-state index contributed by atoms with van der Waals surface area (Å²) in [7, 11) is 1.57. The molecule has 1 heterocycles. The third-order valence-corrected chi connectivity index (χ3v) is 1.61. The maximum atomic E-state index is 10.2. The molecule has 2 N–H and O–H groups in total. The minimum Gasteiger partial charge on any atom is -0.497 e. The van der Waals surface area contributed by atoms with Crippen molar-refractivity contribution in [2.45, 2.75) is 6.42 Å². The van der Waals surface area contributed by atoms with E-state index >= 15 is 0 Å². The van der Waals surface area contributed by atoms with Crippen molar-refractivity contribution >= 4 is 11.8 Å². The molecule has 0 bridgehead atoms. The Morgan fingerprint density at radius 2 is 2.50 bits per heavy atom. The van der Waals surface area contributed by atoms with E-state index in [9.17, 15) is 4.79 Å². The average molecular weight is 196 g/mol. The Balaban J connectivity index is 2.46. The van der Waals surface area contributed by atoms with E-state index in [0.29, 0.717) is 18.1 Å². The first-order valence-electron chi connectivity index (χ1n) is 4.18. The van der Waals surface area contributed by atoms with Gasteiger partial charge in [-0.1, -0.05) is 0 Å². The second-order valence-electron chi connectivity index (χ2n) is 2.65. The highest BCUT2D eigenvalue weighted by Gasteiger charge is 1.98. The van der Waals surface area contributed by atoms with Crippen molar-refractivity contribution in [2.24, 2.45) is 0 Å². The molecule has 0 saturated carbocycles. The zero-order valence-corrected chi connectivity index (χ0v) is 7.86. The summed E-state index contributed by atoms with van der Waals surface area (Å²) in [5.41, 5.74) is 0. The van der Waals surface area contributed by atoms with Crippen molar-refractivity contribution in [3.8, 4) is 5.75 Å². The molecule has 0 aliphatic rings. The Morgan fingerprint density at radius 1 is 1.71 bits per heavy atom. The molecule has 0 aliphatic heterocycles. The number of ether oxygens (including phenoxy) is 1. The predicted octanol–water partition coefficient (Wildman–Crippen LogP) is 0.977. The van der Waals surface area contributed by atoms with Crippen LogP contribution in [-0.4, -0.2) is 29.7 Å². The number of carbonyl (C=O) groups is 1. The number of nitrogens with one attached hydrogen (secondary N) is 1. The first-order valence-corrected chi connectivity index (χ1v) is 4.18. The van der Waals surface area contributed by atoms with Gasteiger partial charge in [-0.05, 0) is 6.07 Å². The molecule has 0 spiro atoms. The molecule has 14 heavy (non-hydrogen) atoms. The van der Waals surface area contributed by atoms with E-state index in [2.05, 4.69) is 10.3 Å². The molecule has 1 aromatic heterocycles. The van der Waals surface area contributed by atoms with E-state index in [4.69, 9.17) is 9.84 Å². The summed E-state index contributed by atoms with van der Waals surface area (Å²) in [5, 5.41) is 11.3. The quantitative estimate of drug-likeness (QED) is 0.734. The fourth-order valence-electron chi connectivity index (χ4n) is 0.932. The van der Waals surface area contributed by atoms with Gasteiger partial charge in [-0.2, -0.15) is 0 Å². The van der Waals surface area contributed by atoms with Gasteiger partial charge in [-0.3, -0.25) is 4.79 Å². The molecule has 0 saturated heterocycles. The number of methoxy groups -OCH3 is 1. The monoisotopic (exact) mass is 196 g/mol. The summed E-state index contributed by atoms with van der Waals surface area (Å²) in [6.45, 7) is 0.357. The molecule has 0 amide bonds. The number of hydrogen-bond donors (Lipinski definition) is 2. The molecule has 0 fully saturated rings. The third kappa shape index (κ3) is 3.30. The first kappa shape index (κ1) is 10.3. The lowest BCUT2D eigenvalue weighted by atomic mass is 10.4. The predicted molar refractivity (Wildman–Crippen MR) is 51.5 cm³/mol. The molecule has 1 aromatic rings. The molecule has 0 radical (unpaired) electrons. The Kier molecular flexibility index (Phi) is 3.72. The minimum absolute atomic E-state index is 0.0683. The first-order chi connectivity index (χ1) is 6.72. The van der Waals surface area contributed by atoms with Crippen LogP contribution in [0, 0.1) is 0 Å². The van der Waals surface area contributed by atoms with E-state index in [-0.39, 0.29) is 6.42 Å². The second-order valence-corrected chi connectivity index (χ2v) is 2.65. The number of pyridine rings is 1. The van der Waals surface area contributed by atoms with E-state index < -0.39 is 5.97 Å². The highest BCUT2D eigenvalue weighted by Crippen LogP contribution is 2.13. The van der Waals surface area contributed by atoms with Gasteiger partial charge in [0.2, 0.25) is 0 Å². The third-order valence-electron chi connectivity index (χ3n) is 1.61. The minimum atomic E-state index is -0.833. The SMILES string of the molecule is COc1ccnc(NCCC(=O)O)c1. The molecule has 5 heteroatoms. The Morgan fingerprint density at radius 3 is 3.14 bits per heavy atom. The summed E-state index contributed by atoms with van der Waals surface area (Å²) in [6.07, 6.45) is 1.67. The lowest BCUT2D eigenvalue weighted by Crippen LogP contribution is -2.08. The standard InChI is InChI=1S/C9H12N2O3/c1-14-7-2-4-10-8(6-7)11-5-3-9(12)13/h2,4,6H,3,5H2,1H3,(H,10,11)(H,12,13). The fraction of sp³-hybridized carbons (Fsp3) is 0.333. The van der Waals surface area contributed by atoms with E-state index in [1.807, 2.05) is 0 Å². The lowest BCUT2D eigenvalue weighted by Gasteiger charge is -2.04. The molecule has 0 atom stereocenters. The van der Waals surface area contributed by atoms with Gasteiger partial charge < -0.3 is 15.2 Å². The van der Waals surface area contributed by atoms with Gasteiger partial charge in [-0.25, -0.2) is 4.98 Å². The van der Waals surface area contributed by atoms with Crippen LogP contribution in [0.4, 0.5) is 5.82 Å². The van der Waals surface area contributed by atoms with Gasteiger partial charge in [0.05, 0.1) is 13.5 Å². The molecule has 1 rings (SSSR count). The van der Waals surface area contributed by atoms with Crippen molar-refractivity contribution in [3.63, 3.8) is 0 Å². The van der Waals surface area contributed by atoms with Crippen LogP contribution in [0.25, 0.3) is 0 Å². The van der Waals surface area contributed by atoms with Crippen LogP contribution in [0.5, 0.6) is 5.75 Å². The second kappa shape index (κ2) is 5.06. The van der Waals surface area contributed by atoms with Crippen LogP contribution < -0.4 is 10.1 Å². The van der Waals surface area contributed by atoms with Crippen LogP contribution in [-0.2, 0) is 4.79 Å². The molecular weight excluding hydrogens is 184 g/mol. The molecule has 0 aliphatic carbocycles. The van der Waals surface area contributed by atoms with Gasteiger partial charge in [0.1, 0.15) is 11.6 Å². The highest BCUT2D eigenvalue weighted by molar-refractivity contribution is 5.67. The largest absolute Gasteiger partial charge is 0.497 e. The molecular formula is C9H12N2O3. The average Bonchev–Trinajstić information content (AvgIpc) is 2.18. The van der Waals surface area contributed by atoms with Crippen molar-refractivity contribution in [2.75, 3.05) is 19.0 Å². The number of hydrogen-bond acceptors (Lipinski definition) is 4. The molecule has 0 aromatic carbocycles. The van der Waals surface area contributed by atoms with Gasteiger partial charge in [0.25, 0.3) is 0 Å². The zero-order valence-electron chi connectivity index (χ0n) is 7.86. The Bertz CT molecular complexity index is 315. The van der Waals surface area contributed by atoms with E-state index in [0.717, 1.165) is 0 Å². The maximum absolute atomic E-state index is 10.2. The Hall–Kier alpha value is -1.78. The van der Waals surface area contributed by atoms with E-state index in [1.54, 1.807) is 25.4 Å². The van der Waals surface area contributed by atoms with Gasteiger partial charge in [-0.15, -0.1) is 0 Å². The summed E-state index contributed by atoms with van der Waals surface area (Å²) in [4.78, 5) is 14.2. The van der Waals surface area contributed by atoms with Crippen LogP contribution >= 0.6 is 0 Å². The summed E-state index contributed by atoms with van der Waals surface area (Å²) >= 11 is 0.